The van der Waals surface area contributed by atoms with Crippen molar-refractivity contribution in [2.24, 2.45) is 0 Å². The van der Waals surface area contributed by atoms with E-state index in [0.29, 0.717) is 0 Å². The molecule has 0 spiro atoms. The number of rotatable bonds is 4. The van der Waals surface area contributed by atoms with Crippen molar-refractivity contribution < 1.29 is 0 Å². The molecule has 2 aromatic heterocycles. The summed E-state index contributed by atoms with van der Waals surface area (Å²) in [6.45, 7) is 0. The quantitative estimate of drug-likeness (QED) is 0.198. The summed E-state index contributed by atoms with van der Waals surface area (Å²) in [6.07, 6.45) is 8.93. The van der Waals surface area contributed by atoms with Gasteiger partial charge in [-0.05, 0) is 65.2 Å². The standard InChI is InChI=1S/C44H30N4/c1-3-13-29(14-4-1)43-35-19-7-10-20-38(35)45-44(46-43)48-40-22-12-9-18-34(40)37-28-31(24-26-42(37)48)30-23-25-41-36(27-30)33-17-8-11-21-39(33)47(41)32-15-5-2-6-16-32/h1-28,34,40H. The van der Waals surface area contributed by atoms with E-state index in [4.69, 9.17) is 9.97 Å². The number of allylic oxidation sites excluding steroid dienone is 2. The van der Waals surface area contributed by atoms with Crippen LogP contribution in [-0.2, 0) is 0 Å². The number of hydrogen-bond acceptors (Lipinski definition) is 3. The van der Waals surface area contributed by atoms with Gasteiger partial charge in [0.15, 0.2) is 0 Å². The maximum absolute atomic E-state index is 5.27. The predicted octanol–water partition coefficient (Wildman–Crippen LogP) is 10.8. The lowest BCUT2D eigenvalue weighted by molar-refractivity contribution is 0.731. The second-order valence-electron chi connectivity index (χ2n) is 12.6. The normalized spacial score (nSPS) is 16.5. The van der Waals surface area contributed by atoms with Crippen molar-refractivity contribution in [3.63, 3.8) is 0 Å². The van der Waals surface area contributed by atoms with Crippen LogP contribution in [0.5, 0.6) is 0 Å². The molecule has 226 valence electrons. The van der Waals surface area contributed by atoms with E-state index in [0.717, 1.165) is 33.8 Å². The Kier molecular flexibility index (Phi) is 5.97. The second kappa shape index (κ2) is 10.6. The zero-order valence-electron chi connectivity index (χ0n) is 26.1. The van der Waals surface area contributed by atoms with E-state index in [1.165, 1.54) is 44.2 Å². The minimum absolute atomic E-state index is 0.0939. The molecule has 6 aromatic carbocycles. The Balaban J connectivity index is 1.12. The van der Waals surface area contributed by atoms with Crippen LogP contribution >= 0.6 is 0 Å². The highest BCUT2D eigenvalue weighted by Gasteiger charge is 2.39. The molecule has 0 N–H and O–H groups in total. The third-order valence-corrected chi connectivity index (χ3v) is 9.92. The SMILES string of the molecule is C1=CC2c3cc(-c4ccc5c(c4)c4ccccc4n5-c4ccccc4)ccc3N(c3nc(-c4ccccc4)c4ccccc4n3)C2C=C1. The summed E-state index contributed by atoms with van der Waals surface area (Å²) in [6, 6.07) is 52.0. The first kappa shape index (κ1) is 26.9. The summed E-state index contributed by atoms with van der Waals surface area (Å²) in [4.78, 5) is 12.8. The van der Waals surface area contributed by atoms with Gasteiger partial charge in [-0.25, -0.2) is 9.97 Å². The molecule has 4 nitrogen and oxygen atoms in total. The lowest BCUT2D eigenvalue weighted by atomic mass is 9.89. The summed E-state index contributed by atoms with van der Waals surface area (Å²) in [5.74, 6) is 0.924. The largest absolute Gasteiger partial charge is 0.309 e. The zero-order chi connectivity index (χ0) is 31.6. The molecule has 1 aliphatic carbocycles. The molecule has 2 aliphatic rings. The number of nitrogens with zero attached hydrogens (tertiary/aromatic N) is 4. The molecule has 0 saturated heterocycles. The van der Waals surface area contributed by atoms with Crippen LogP contribution in [0, 0.1) is 0 Å². The van der Waals surface area contributed by atoms with Crippen LogP contribution in [0.25, 0.3) is 60.8 Å². The van der Waals surface area contributed by atoms with E-state index in [1.807, 2.05) is 6.07 Å². The molecule has 0 saturated carbocycles. The fraction of sp³-hybridized carbons (Fsp3) is 0.0455. The van der Waals surface area contributed by atoms with Gasteiger partial charge in [-0.2, -0.15) is 0 Å². The van der Waals surface area contributed by atoms with Gasteiger partial charge in [0, 0.05) is 39.0 Å². The van der Waals surface area contributed by atoms with Gasteiger partial charge in [-0.1, -0.05) is 121 Å². The zero-order valence-corrected chi connectivity index (χ0v) is 26.1. The molecule has 4 heteroatoms. The van der Waals surface area contributed by atoms with Crippen molar-refractivity contribution in [1.82, 2.24) is 14.5 Å². The fourth-order valence-electron chi connectivity index (χ4n) is 7.75. The topological polar surface area (TPSA) is 34.0 Å². The minimum atomic E-state index is 0.0939. The fourth-order valence-corrected chi connectivity index (χ4v) is 7.75. The van der Waals surface area contributed by atoms with Gasteiger partial charge < -0.3 is 9.47 Å². The molecule has 10 rings (SSSR count). The van der Waals surface area contributed by atoms with Crippen molar-refractivity contribution >= 4 is 44.3 Å². The second-order valence-corrected chi connectivity index (χ2v) is 12.6. The Morgan fingerprint density at radius 1 is 0.500 bits per heavy atom. The van der Waals surface area contributed by atoms with Gasteiger partial charge in [-0.3, -0.25) is 0 Å². The van der Waals surface area contributed by atoms with Crippen molar-refractivity contribution in [2.75, 3.05) is 4.90 Å². The van der Waals surface area contributed by atoms with Gasteiger partial charge in [0.25, 0.3) is 0 Å². The third kappa shape index (κ3) is 4.09. The maximum Gasteiger partial charge on any atom is 0.231 e. The first-order valence-electron chi connectivity index (χ1n) is 16.5. The number of benzene rings is 6. The highest BCUT2D eigenvalue weighted by atomic mass is 15.3. The molecule has 1 aliphatic heterocycles. The van der Waals surface area contributed by atoms with Crippen LogP contribution in [0.3, 0.4) is 0 Å². The van der Waals surface area contributed by atoms with Gasteiger partial charge in [-0.15, -0.1) is 0 Å². The van der Waals surface area contributed by atoms with E-state index >= 15 is 0 Å². The van der Waals surface area contributed by atoms with Crippen LogP contribution in [-0.4, -0.2) is 20.6 Å². The average Bonchev–Trinajstić information content (AvgIpc) is 3.67. The molecule has 0 bridgehead atoms. The van der Waals surface area contributed by atoms with E-state index in [-0.39, 0.29) is 12.0 Å². The first-order valence-corrected chi connectivity index (χ1v) is 16.5. The van der Waals surface area contributed by atoms with E-state index < -0.39 is 0 Å². The van der Waals surface area contributed by atoms with Crippen LogP contribution in [0.4, 0.5) is 11.6 Å². The highest BCUT2D eigenvalue weighted by molar-refractivity contribution is 6.10. The molecule has 2 atom stereocenters. The molecule has 0 radical (unpaired) electrons. The van der Waals surface area contributed by atoms with Crippen LogP contribution in [0.2, 0.25) is 0 Å². The number of para-hydroxylation sites is 3. The smallest absolute Gasteiger partial charge is 0.231 e. The Bertz CT molecular complexity index is 2580. The van der Waals surface area contributed by atoms with E-state index in [1.54, 1.807) is 0 Å². The average molecular weight is 615 g/mol. The molecule has 3 heterocycles. The number of hydrogen-bond donors (Lipinski definition) is 0. The number of anilines is 2. The maximum atomic E-state index is 5.27. The van der Waals surface area contributed by atoms with Crippen LogP contribution in [0.1, 0.15) is 11.5 Å². The van der Waals surface area contributed by atoms with Crippen molar-refractivity contribution in [1.29, 1.82) is 0 Å². The molecule has 48 heavy (non-hydrogen) atoms. The summed E-state index contributed by atoms with van der Waals surface area (Å²) in [7, 11) is 0. The third-order valence-electron chi connectivity index (χ3n) is 9.92. The monoisotopic (exact) mass is 614 g/mol. The minimum Gasteiger partial charge on any atom is -0.309 e. The molecule has 0 amide bonds. The Morgan fingerprint density at radius 3 is 2.06 bits per heavy atom. The molecule has 0 fully saturated rings. The summed E-state index contributed by atoms with van der Waals surface area (Å²) >= 11 is 0. The lowest BCUT2D eigenvalue weighted by Crippen LogP contribution is -2.30. The van der Waals surface area contributed by atoms with Gasteiger partial charge in [0.05, 0.1) is 28.3 Å². The summed E-state index contributed by atoms with van der Waals surface area (Å²) in [5.41, 5.74) is 11.4. The molecule has 8 aromatic rings. The van der Waals surface area contributed by atoms with Gasteiger partial charge in [0.2, 0.25) is 5.95 Å². The van der Waals surface area contributed by atoms with Gasteiger partial charge in [0.1, 0.15) is 0 Å². The lowest BCUT2D eigenvalue weighted by Gasteiger charge is -2.27. The van der Waals surface area contributed by atoms with Gasteiger partial charge >= 0.3 is 0 Å². The number of fused-ring (bicyclic) bond motifs is 7. The van der Waals surface area contributed by atoms with Crippen LogP contribution < -0.4 is 4.90 Å². The Morgan fingerprint density at radius 2 is 1.19 bits per heavy atom. The van der Waals surface area contributed by atoms with E-state index in [9.17, 15) is 0 Å². The summed E-state index contributed by atoms with van der Waals surface area (Å²) in [5, 5.41) is 3.57. The predicted molar refractivity (Wildman–Crippen MR) is 198 cm³/mol. The Labute approximate surface area is 278 Å². The van der Waals surface area contributed by atoms with Crippen molar-refractivity contribution in [3.05, 3.63) is 175 Å². The highest BCUT2D eigenvalue weighted by Crippen LogP contribution is 2.49. The molecular formula is C44H30N4. The van der Waals surface area contributed by atoms with Crippen molar-refractivity contribution in [3.8, 4) is 28.1 Å². The van der Waals surface area contributed by atoms with Crippen LogP contribution in [0.15, 0.2) is 170 Å². The first-order chi connectivity index (χ1) is 23.8. The summed E-state index contributed by atoms with van der Waals surface area (Å²) < 4.78 is 2.37. The molecule has 2 unspecified atom stereocenters. The van der Waals surface area contributed by atoms with E-state index in [2.05, 4.69) is 173 Å². The Hall–Kier alpha value is -6.26. The molecular weight excluding hydrogens is 585 g/mol. The van der Waals surface area contributed by atoms with Crippen molar-refractivity contribution in [2.45, 2.75) is 12.0 Å². The number of aromatic nitrogens is 3.